The minimum atomic E-state index is 0.668. The monoisotopic (exact) mass is 282 g/mol. The molecule has 1 aromatic carbocycles. The van der Waals surface area contributed by atoms with Crippen LogP contribution in [0.1, 0.15) is 6.42 Å². The Balaban J connectivity index is 2.04. The predicted molar refractivity (Wildman–Crippen MR) is 83.6 cm³/mol. The summed E-state index contributed by atoms with van der Waals surface area (Å²) in [6.45, 7) is 1.53. The fraction of sp³-hybridized carbons (Fsp3) is 0.267. The van der Waals surface area contributed by atoms with Crippen LogP contribution in [-0.4, -0.2) is 39.9 Å². The van der Waals surface area contributed by atoms with Crippen LogP contribution in [0.3, 0.4) is 0 Å². The zero-order valence-electron chi connectivity index (χ0n) is 12.0. The number of hydrogen-bond acceptors (Lipinski definition) is 5. The largest absolute Gasteiger partial charge is 0.359 e. The highest BCUT2D eigenvalue weighted by molar-refractivity contribution is 5.87. The zero-order valence-corrected chi connectivity index (χ0v) is 12.0. The van der Waals surface area contributed by atoms with Gasteiger partial charge in [-0.15, -0.1) is 0 Å². The molecular formula is C15H18N6. The summed E-state index contributed by atoms with van der Waals surface area (Å²) < 4.78 is 1.83. The molecule has 0 amide bonds. The molecular weight excluding hydrogens is 264 g/mol. The Kier molecular flexibility index (Phi) is 3.79. The van der Waals surface area contributed by atoms with Crippen LogP contribution in [0, 0.1) is 0 Å². The average molecular weight is 282 g/mol. The van der Waals surface area contributed by atoms with Crippen molar-refractivity contribution in [1.29, 1.82) is 0 Å². The van der Waals surface area contributed by atoms with E-state index in [1.54, 1.807) is 6.33 Å². The number of hydrogen-bond donors (Lipinski definition) is 1. The SMILES string of the molecule is CN(CCCN)c1ncnc2c1cnn2-c1ccccc1. The molecule has 6 nitrogen and oxygen atoms in total. The average Bonchev–Trinajstić information content (AvgIpc) is 2.97. The Morgan fingerprint density at radius 3 is 2.76 bits per heavy atom. The third-order valence-electron chi connectivity index (χ3n) is 3.40. The first kappa shape index (κ1) is 13.5. The molecule has 0 aliphatic heterocycles. The summed E-state index contributed by atoms with van der Waals surface area (Å²) in [5.74, 6) is 0.885. The summed E-state index contributed by atoms with van der Waals surface area (Å²) in [4.78, 5) is 10.9. The van der Waals surface area contributed by atoms with Gasteiger partial charge < -0.3 is 10.6 Å². The first-order valence-electron chi connectivity index (χ1n) is 6.96. The molecule has 21 heavy (non-hydrogen) atoms. The van der Waals surface area contributed by atoms with E-state index in [0.717, 1.165) is 35.5 Å². The van der Waals surface area contributed by atoms with Crippen molar-refractivity contribution in [3.8, 4) is 5.69 Å². The van der Waals surface area contributed by atoms with E-state index in [0.29, 0.717) is 6.54 Å². The molecule has 3 aromatic rings. The van der Waals surface area contributed by atoms with Gasteiger partial charge in [-0.05, 0) is 25.1 Å². The van der Waals surface area contributed by atoms with Gasteiger partial charge >= 0.3 is 0 Å². The van der Waals surface area contributed by atoms with Gasteiger partial charge in [-0.3, -0.25) is 0 Å². The number of para-hydroxylation sites is 1. The van der Waals surface area contributed by atoms with E-state index in [9.17, 15) is 0 Å². The molecule has 0 aliphatic rings. The van der Waals surface area contributed by atoms with Gasteiger partial charge in [-0.25, -0.2) is 14.6 Å². The molecule has 0 unspecified atom stereocenters. The quantitative estimate of drug-likeness (QED) is 0.769. The van der Waals surface area contributed by atoms with Crippen molar-refractivity contribution in [2.75, 3.05) is 25.0 Å². The molecule has 0 saturated carbocycles. The Bertz CT molecular complexity index is 721. The van der Waals surface area contributed by atoms with Crippen molar-refractivity contribution in [3.63, 3.8) is 0 Å². The van der Waals surface area contributed by atoms with Gasteiger partial charge in [0.25, 0.3) is 0 Å². The lowest BCUT2D eigenvalue weighted by Gasteiger charge is -2.17. The molecule has 108 valence electrons. The fourth-order valence-electron chi connectivity index (χ4n) is 2.33. The second kappa shape index (κ2) is 5.88. The maximum Gasteiger partial charge on any atom is 0.168 e. The van der Waals surface area contributed by atoms with Crippen molar-refractivity contribution in [1.82, 2.24) is 19.7 Å². The van der Waals surface area contributed by atoms with Crippen LogP contribution in [-0.2, 0) is 0 Å². The number of anilines is 1. The van der Waals surface area contributed by atoms with E-state index < -0.39 is 0 Å². The summed E-state index contributed by atoms with van der Waals surface area (Å²) in [7, 11) is 2.01. The first-order chi connectivity index (χ1) is 10.3. The molecule has 0 spiro atoms. The van der Waals surface area contributed by atoms with Crippen LogP contribution in [0.2, 0.25) is 0 Å². The maximum absolute atomic E-state index is 5.57. The van der Waals surface area contributed by atoms with Crippen molar-refractivity contribution in [2.24, 2.45) is 5.73 Å². The Morgan fingerprint density at radius 2 is 2.00 bits per heavy atom. The molecule has 0 atom stereocenters. The van der Waals surface area contributed by atoms with Crippen molar-refractivity contribution < 1.29 is 0 Å². The molecule has 0 bridgehead atoms. The number of nitrogens with two attached hydrogens (primary N) is 1. The van der Waals surface area contributed by atoms with Crippen molar-refractivity contribution in [2.45, 2.75) is 6.42 Å². The number of nitrogens with zero attached hydrogens (tertiary/aromatic N) is 5. The zero-order chi connectivity index (χ0) is 14.7. The van der Waals surface area contributed by atoms with Crippen LogP contribution in [0.4, 0.5) is 5.82 Å². The second-order valence-corrected chi connectivity index (χ2v) is 4.89. The van der Waals surface area contributed by atoms with E-state index in [1.807, 2.05) is 48.3 Å². The van der Waals surface area contributed by atoms with Crippen LogP contribution >= 0.6 is 0 Å². The Morgan fingerprint density at radius 1 is 1.19 bits per heavy atom. The molecule has 0 fully saturated rings. The van der Waals surface area contributed by atoms with Gasteiger partial charge in [0.15, 0.2) is 5.65 Å². The third-order valence-corrected chi connectivity index (χ3v) is 3.40. The topological polar surface area (TPSA) is 72.9 Å². The Hall–Kier alpha value is -2.47. The second-order valence-electron chi connectivity index (χ2n) is 4.89. The summed E-state index contributed by atoms with van der Waals surface area (Å²) >= 11 is 0. The Labute approximate surface area is 123 Å². The molecule has 6 heteroatoms. The first-order valence-corrected chi connectivity index (χ1v) is 6.96. The molecule has 3 rings (SSSR count). The van der Waals surface area contributed by atoms with E-state index in [-0.39, 0.29) is 0 Å². The van der Waals surface area contributed by atoms with Crippen molar-refractivity contribution in [3.05, 3.63) is 42.9 Å². The van der Waals surface area contributed by atoms with Crippen LogP contribution in [0.25, 0.3) is 16.7 Å². The van der Waals surface area contributed by atoms with E-state index >= 15 is 0 Å². The molecule has 0 aliphatic carbocycles. The van der Waals surface area contributed by atoms with Crippen LogP contribution in [0.15, 0.2) is 42.9 Å². The predicted octanol–water partition coefficient (Wildman–Crippen LogP) is 1.60. The lowest BCUT2D eigenvalue weighted by atomic mass is 10.3. The summed E-state index contributed by atoms with van der Waals surface area (Å²) in [5, 5.41) is 5.40. The minimum absolute atomic E-state index is 0.668. The maximum atomic E-state index is 5.57. The van der Waals surface area contributed by atoms with Gasteiger partial charge in [0, 0.05) is 13.6 Å². The molecule has 2 aromatic heterocycles. The van der Waals surface area contributed by atoms with Gasteiger partial charge in [0.1, 0.15) is 12.1 Å². The normalized spacial score (nSPS) is 11.0. The molecule has 0 saturated heterocycles. The minimum Gasteiger partial charge on any atom is -0.359 e. The number of fused-ring (bicyclic) bond motifs is 1. The molecule has 0 radical (unpaired) electrons. The lowest BCUT2D eigenvalue weighted by molar-refractivity contribution is 0.788. The lowest BCUT2D eigenvalue weighted by Crippen LogP contribution is -2.22. The van der Waals surface area contributed by atoms with Gasteiger partial charge in [0.05, 0.1) is 17.3 Å². The summed E-state index contributed by atoms with van der Waals surface area (Å²) in [6.07, 6.45) is 4.32. The third kappa shape index (κ3) is 2.57. The van der Waals surface area contributed by atoms with Gasteiger partial charge in [-0.2, -0.15) is 5.10 Å². The van der Waals surface area contributed by atoms with E-state index in [2.05, 4.69) is 20.0 Å². The van der Waals surface area contributed by atoms with E-state index in [4.69, 9.17) is 5.73 Å². The number of rotatable bonds is 5. The van der Waals surface area contributed by atoms with Crippen LogP contribution in [0.5, 0.6) is 0 Å². The molecule has 2 heterocycles. The standard InChI is InChI=1S/C15H18N6/c1-20(9-5-8-16)14-13-10-19-21(15(13)18-11-17-14)12-6-3-2-4-7-12/h2-4,6-7,10-11H,5,8-9,16H2,1H3. The number of aromatic nitrogens is 4. The smallest absolute Gasteiger partial charge is 0.168 e. The highest BCUT2D eigenvalue weighted by Crippen LogP contribution is 2.23. The van der Waals surface area contributed by atoms with Gasteiger partial charge in [-0.1, -0.05) is 18.2 Å². The van der Waals surface area contributed by atoms with Crippen molar-refractivity contribution >= 4 is 16.9 Å². The van der Waals surface area contributed by atoms with Crippen LogP contribution < -0.4 is 10.6 Å². The highest BCUT2D eigenvalue weighted by atomic mass is 15.3. The van der Waals surface area contributed by atoms with E-state index in [1.165, 1.54) is 0 Å². The number of benzene rings is 1. The summed E-state index contributed by atoms with van der Waals surface area (Å²) in [5.41, 5.74) is 7.37. The molecule has 2 N–H and O–H groups in total. The fourth-order valence-corrected chi connectivity index (χ4v) is 2.33. The highest BCUT2D eigenvalue weighted by Gasteiger charge is 2.13. The summed E-state index contributed by atoms with van der Waals surface area (Å²) in [6, 6.07) is 9.96. The van der Waals surface area contributed by atoms with Gasteiger partial charge in [0.2, 0.25) is 0 Å².